The standard InChI is InChI=1S/C39H29Br2ClFN3O6/c1-52-29-18-27(32(40)33(41)34(29)47)31-24-15-16-25-30(37(50)45(35(25)48)23-5-3-2-4-6-23)26(24)17-28-36(49)46(44-22-13-11-21(43)12-14-22)38(51)39(28,31)19-7-9-20(42)10-8-19/h2-15,18,25-26,28,30-31,44,47H,16-17H2,1H3/t25-,26+,28-,30-,31+,39+/m0/s1. The van der Waals surface area contributed by atoms with Crippen molar-refractivity contribution in [1.82, 2.24) is 5.01 Å². The molecule has 2 N–H and O–H groups in total. The molecule has 13 heteroatoms. The number of methoxy groups -OCH3 is 1. The summed E-state index contributed by atoms with van der Waals surface area (Å²) in [4.78, 5) is 59.9. The maximum atomic E-state index is 15.4. The number of anilines is 2. The minimum absolute atomic E-state index is 0.0773. The number of phenols is 1. The van der Waals surface area contributed by atoms with E-state index in [1.807, 2.05) is 6.08 Å². The number of carbonyl (C=O) groups is 4. The van der Waals surface area contributed by atoms with Gasteiger partial charge in [0.2, 0.25) is 11.8 Å². The van der Waals surface area contributed by atoms with Crippen molar-refractivity contribution in [3.8, 4) is 11.5 Å². The van der Waals surface area contributed by atoms with Crippen LogP contribution < -0.4 is 15.1 Å². The molecular formula is C39H29Br2ClFN3O6. The number of phenolic OH excluding ortho intramolecular Hbond substituents is 1. The summed E-state index contributed by atoms with van der Waals surface area (Å²) >= 11 is 13.6. The van der Waals surface area contributed by atoms with Gasteiger partial charge in [0.1, 0.15) is 5.82 Å². The van der Waals surface area contributed by atoms with Crippen LogP contribution in [0.25, 0.3) is 0 Å². The first-order valence-electron chi connectivity index (χ1n) is 16.5. The smallest absolute Gasteiger partial charge is 0.260 e. The maximum absolute atomic E-state index is 15.4. The zero-order valence-corrected chi connectivity index (χ0v) is 31.3. The number of hydrogen-bond donors (Lipinski definition) is 2. The maximum Gasteiger partial charge on any atom is 0.260 e. The molecule has 0 bridgehead atoms. The Kier molecular flexibility index (Phi) is 8.54. The van der Waals surface area contributed by atoms with E-state index >= 15 is 4.79 Å². The fourth-order valence-electron chi connectivity index (χ4n) is 8.81. The average molecular weight is 850 g/mol. The predicted octanol–water partition coefficient (Wildman–Crippen LogP) is 7.91. The lowest BCUT2D eigenvalue weighted by Crippen LogP contribution is -2.53. The van der Waals surface area contributed by atoms with E-state index in [1.54, 1.807) is 60.7 Å². The normalized spacial score (nSPS) is 26.6. The fourth-order valence-corrected chi connectivity index (χ4v) is 9.89. The van der Waals surface area contributed by atoms with E-state index in [0.29, 0.717) is 37.6 Å². The number of amides is 4. The number of halogens is 4. The molecule has 4 aromatic rings. The molecule has 0 aromatic heterocycles. The van der Waals surface area contributed by atoms with Crippen molar-refractivity contribution in [2.24, 2.45) is 23.7 Å². The molecule has 1 saturated carbocycles. The van der Waals surface area contributed by atoms with Gasteiger partial charge in [0, 0.05) is 15.4 Å². The summed E-state index contributed by atoms with van der Waals surface area (Å²) in [5.41, 5.74) is 3.84. The molecule has 2 aliphatic heterocycles. The van der Waals surface area contributed by atoms with Crippen molar-refractivity contribution in [3.05, 3.63) is 127 Å². The van der Waals surface area contributed by atoms with E-state index < -0.39 is 52.6 Å². The molecule has 6 atom stereocenters. The van der Waals surface area contributed by atoms with Crippen molar-refractivity contribution < 1.29 is 33.4 Å². The van der Waals surface area contributed by atoms with Gasteiger partial charge in [0.15, 0.2) is 11.5 Å². The van der Waals surface area contributed by atoms with Crippen LogP contribution in [0.2, 0.25) is 5.02 Å². The first kappa shape index (κ1) is 34.6. The lowest BCUT2D eigenvalue weighted by atomic mass is 9.49. The second kappa shape index (κ2) is 12.9. The lowest BCUT2D eigenvalue weighted by Gasteiger charge is -2.51. The van der Waals surface area contributed by atoms with Gasteiger partial charge in [-0.3, -0.25) is 29.5 Å². The highest BCUT2D eigenvalue weighted by Gasteiger charge is 2.70. The monoisotopic (exact) mass is 847 g/mol. The number of nitrogens with zero attached hydrogens (tertiary/aromatic N) is 2. The minimum Gasteiger partial charge on any atom is -0.503 e. The number of hydrazine groups is 1. The van der Waals surface area contributed by atoms with Crippen LogP contribution in [0, 0.1) is 29.5 Å². The summed E-state index contributed by atoms with van der Waals surface area (Å²) in [6.07, 6.45) is 2.25. The van der Waals surface area contributed by atoms with Gasteiger partial charge in [-0.2, -0.15) is 5.01 Å². The van der Waals surface area contributed by atoms with Crippen molar-refractivity contribution >= 4 is 78.5 Å². The summed E-state index contributed by atoms with van der Waals surface area (Å²) in [5, 5.41) is 12.4. The van der Waals surface area contributed by atoms with Gasteiger partial charge in [0.25, 0.3) is 11.8 Å². The molecule has 4 amide bonds. The van der Waals surface area contributed by atoms with Crippen LogP contribution in [0.1, 0.15) is 29.9 Å². The quantitative estimate of drug-likeness (QED) is 0.150. The van der Waals surface area contributed by atoms with Crippen LogP contribution in [0.5, 0.6) is 11.5 Å². The second-order valence-electron chi connectivity index (χ2n) is 13.4. The number of fused-ring (bicyclic) bond motifs is 4. The molecule has 52 heavy (non-hydrogen) atoms. The Bertz CT molecular complexity index is 2200. The minimum atomic E-state index is -1.61. The molecule has 4 aromatic carbocycles. The molecule has 8 rings (SSSR count). The Labute approximate surface area is 319 Å². The number of allylic oxidation sites excluding steroid dienone is 2. The Balaban J connectivity index is 1.37. The number of hydrogen-bond acceptors (Lipinski definition) is 7. The number of rotatable bonds is 6. The van der Waals surface area contributed by atoms with Gasteiger partial charge in [-0.15, -0.1) is 0 Å². The number of benzene rings is 4. The zero-order valence-electron chi connectivity index (χ0n) is 27.4. The summed E-state index contributed by atoms with van der Waals surface area (Å²) in [6, 6.07) is 22.4. The largest absolute Gasteiger partial charge is 0.503 e. The van der Waals surface area contributed by atoms with Crippen LogP contribution in [-0.2, 0) is 24.6 Å². The Hall–Kier alpha value is -4.52. The van der Waals surface area contributed by atoms with E-state index in [0.717, 1.165) is 5.01 Å². The van der Waals surface area contributed by atoms with Gasteiger partial charge >= 0.3 is 0 Å². The molecule has 2 aliphatic carbocycles. The molecule has 0 spiro atoms. The van der Waals surface area contributed by atoms with E-state index in [9.17, 15) is 23.9 Å². The lowest BCUT2D eigenvalue weighted by molar-refractivity contribution is -0.138. The van der Waals surface area contributed by atoms with E-state index in [4.69, 9.17) is 16.3 Å². The van der Waals surface area contributed by atoms with Crippen molar-refractivity contribution in [2.45, 2.75) is 24.2 Å². The predicted molar refractivity (Wildman–Crippen MR) is 198 cm³/mol. The number of carbonyl (C=O) groups excluding carboxylic acids is 4. The topological polar surface area (TPSA) is 116 Å². The molecule has 3 fully saturated rings. The van der Waals surface area contributed by atoms with Gasteiger partial charge in [-0.25, -0.2) is 4.39 Å². The number of imide groups is 2. The first-order chi connectivity index (χ1) is 25.0. The highest BCUT2D eigenvalue weighted by Crippen LogP contribution is 2.65. The van der Waals surface area contributed by atoms with Crippen LogP contribution in [0.3, 0.4) is 0 Å². The second-order valence-corrected chi connectivity index (χ2v) is 15.4. The zero-order chi connectivity index (χ0) is 36.6. The third-order valence-corrected chi connectivity index (χ3v) is 13.4. The van der Waals surface area contributed by atoms with Crippen LogP contribution in [0.4, 0.5) is 15.8 Å². The molecule has 2 heterocycles. The first-order valence-corrected chi connectivity index (χ1v) is 18.5. The Morgan fingerprint density at radius 1 is 0.904 bits per heavy atom. The summed E-state index contributed by atoms with van der Waals surface area (Å²) in [6.45, 7) is 0. The van der Waals surface area contributed by atoms with E-state index in [-0.39, 0.29) is 40.6 Å². The van der Waals surface area contributed by atoms with Gasteiger partial charge in [0.05, 0.1) is 46.1 Å². The van der Waals surface area contributed by atoms with Crippen molar-refractivity contribution in [1.29, 1.82) is 0 Å². The van der Waals surface area contributed by atoms with Crippen LogP contribution in [-0.4, -0.2) is 40.9 Å². The molecule has 264 valence electrons. The third kappa shape index (κ3) is 4.98. The summed E-state index contributed by atoms with van der Waals surface area (Å²) in [7, 11) is 1.41. The highest BCUT2D eigenvalue weighted by atomic mass is 79.9. The average Bonchev–Trinajstić information content (AvgIpc) is 3.53. The van der Waals surface area contributed by atoms with Crippen molar-refractivity contribution in [3.63, 3.8) is 0 Å². The SMILES string of the molecule is COc1cc([C@H]2C3=CC[C@@H]4C(=O)N(c5ccccc5)C(=O)[C@@H]4[C@@H]3C[C@H]3C(=O)N(Nc4ccc(F)cc4)C(=O)[C@@]23c2ccc(Cl)cc2)c(Br)c(Br)c1O. The van der Waals surface area contributed by atoms with Crippen LogP contribution in [0.15, 0.2) is 106 Å². The van der Waals surface area contributed by atoms with Crippen molar-refractivity contribution in [2.75, 3.05) is 17.4 Å². The third-order valence-electron chi connectivity index (χ3n) is 11.0. The highest BCUT2D eigenvalue weighted by molar-refractivity contribution is 9.13. The number of aromatic hydroxyl groups is 1. The summed E-state index contributed by atoms with van der Waals surface area (Å²) in [5.74, 6) is -6.40. The fraction of sp³-hybridized carbons (Fsp3) is 0.231. The number of para-hydroxylation sites is 1. The van der Waals surface area contributed by atoms with E-state index in [2.05, 4.69) is 37.3 Å². The Morgan fingerprint density at radius 3 is 2.27 bits per heavy atom. The van der Waals surface area contributed by atoms with Gasteiger partial charge in [-0.05, 0) is 116 Å². The summed E-state index contributed by atoms with van der Waals surface area (Å²) < 4.78 is 20.2. The number of nitrogens with one attached hydrogen (secondary N) is 1. The molecule has 0 radical (unpaired) electrons. The van der Waals surface area contributed by atoms with Gasteiger partial charge < -0.3 is 9.84 Å². The Morgan fingerprint density at radius 2 is 1.60 bits per heavy atom. The van der Waals surface area contributed by atoms with Crippen LogP contribution >= 0.6 is 43.5 Å². The molecule has 4 aliphatic rings. The molecule has 9 nitrogen and oxygen atoms in total. The molecule has 2 saturated heterocycles. The van der Waals surface area contributed by atoms with E-state index in [1.165, 1.54) is 36.3 Å². The molecular weight excluding hydrogens is 821 g/mol. The van der Waals surface area contributed by atoms with Gasteiger partial charge in [-0.1, -0.05) is 53.6 Å². The molecule has 0 unspecified atom stereocenters. The number of ether oxygens (including phenoxy) is 1.